The first-order valence-corrected chi connectivity index (χ1v) is 40.2. The second-order valence-corrected chi connectivity index (χ2v) is 32.9. The van der Waals surface area contributed by atoms with Crippen LogP contribution in [0.25, 0.3) is 0 Å². The van der Waals surface area contributed by atoms with E-state index in [9.17, 15) is 20.4 Å². The molecule has 10 aromatic rings. The summed E-state index contributed by atoms with van der Waals surface area (Å²) in [5.41, 5.74) is 11.5. The number of nitrogens with zero attached hydrogens (tertiary/aromatic N) is 2. The molecule has 0 aliphatic carbocycles. The van der Waals surface area contributed by atoms with Gasteiger partial charge in [-0.1, -0.05) is 177 Å². The molecule has 14 rings (SSSR count). The molecule has 4 saturated heterocycles. The van der Waals surface area contributed by atoms with Crippen molar-refractivity contribution in [2.45, 2.75) is 132 Å². The second kappa shape index (κ2) is 36.8. The average molecular weight is 1560 g/mol. The van der Waals surface area contributed by atoms with E-state index in [1.807, 2.05) is 131 Å². The Morgan fingerprint density at radius 1 is 0.261 bits per heavy atom. The molecule has 0 amide bonds. The van der Waals surface area contributed by atoms with Crippen LogP contribution in [0.1, 0.15) is 111 Å². The topological polar surface area (TPSA) is 211 Å². The molecule has 0 radical (unpaired) electrons. The predicted molar refractivity (Wildman–Crippen MR) is 447 cm³/mol. The maximum absolute atomic E-state index is 11.8. The standard InChI is InChI=1S/C97H110N2O16/c1-94(2,72-21-41-86(42-22-72)108-58-90-62-112-90)68-13-33-82(34-14-68)104-54-78(100)50-98(51-79(101)55-105-83-35-15-69(16-36-83)95(3,4)73-23-43-87(44-24-73)109-59-91-63-113-91)76-29-9-66(10-30-76)49-67-11-31-77(32-12-67)99(52-80(102)56-106-84-37-17-70(18-38-84)96(5,6)74-25-45-88(46-26-74)110-60-92-64-114-92)53-81(103)57-107-85-39-19-71(20-40-85)97(7,8)75-27-47-89(48-28-75)111-61-93-65-115-93/h9-48,78-81,90-93,100-103H,49-65H2,1-8H3. The largest absolute Gasteiger partial charge is 0.491 e. The fourth-order valence-electron chi connectivity index (χ4n) is 14.3. The number of anilines is 2. The molecule has 0 spiro atoms. The Labute approximate surface area is 676 Å². The van der Waals surface area contributed by atoms with Gasteiger partial charge in [-0.2, -0.15) is 0 Å². The van der Waals surface area contributed by atoms with Gasteiger partial charge in [0.05, 0.1) is 26.4 Å². The van der Waals surface area contributed by atoms with Crippen molar-refractivity contribution in [2.24, 2.45) is 0 Å². The van der Waals surface area contributed by atoms with E-state index in [1.165, 1.54) is 0 Å². The van der Waals surface area contributed by atoms with Crippen molar-refractivity contribution in [1.29, 1.82) is 0 Å². The molecule has 8 unspecified atom stereocenters. The Balaban J connectivity index is 0.625. The third kappa shape index (κ3) is 22.7. The lowest BCUT2D eigenvalue weighted by atomic mass is 9.78. The number of ether oxygens (including phenoxy) is 12. The van der Waals surface area contributed by atoms with Gasteiger partial charge in [0, 0.05) is 59.2 Å². The summed E-state index contributed by atoms with van der Waals surface area (Å²) in [5.74, 6) is 5.77. The van der Waals surface area contributed by atoms with Crippen molar-refractivity contribution >= 4 is 11.4 Å². The molecule has 4 heterocycles. The Bertz CT molecular complexity index is 4110. The van der Waals surface area contributed by atoms with E-state index in [-0.39, 0.29) is 98.7 Å². The molecule has 0 aromatic heterocycles. The van der Waals surface area contributed by atoms with Crippen molar-refractivity contribution in [3.8, 4) is 46.0 Å². The van der Waals surface area contributed by atoms with Crippen LogP contribution in [0.4, 0.5) is 11.4 Å². The van der Waals surface area contributed by atoms with Gasteiger partial charge in [0.25, 0.3) is 0 Å². The lowest BCUT2D eigenvalue weighted by Gasteiger charge is -2.30. The third-order valence-corrected chi connectivity index (χ3v) is 22.5. The maximum Gasteiger partial charge on any atom is 0.119 e. The molecule has 4 aliphatic heterocycles. The van der Waals surface area contributed by atoms with Gasteiger partial charge in [0.1, 0.15) is 148 Å². The molecule has 0 bridgehead atoms. The SMILES string of the molecule is CC(C)(c1ccc(OCC(O)CN(CC(O)COc2ccc(C(C)(C)c3ccc(OCC4CO4)cc3)cc2)c2ccc(Cc3ccc(N(CC(O)COc4ccc(C(C)(C)c5ccc(OCC6CO6)cc5)cc4)CC(O)COc4ccc(C(C)(C)c5ccc(OCC6CO6)cc5)cc4)cc3)cc2)cc1)c1ccc(OCC2CO2)cc1. The fraction of sp³-hybridized carbons (Fsp3) is 0.381. The molecule has 4 aliphatic rings. The predicted octanol–water partition coefficient (Wildman–Crippen LogP) is 15.1. The van der Waals surface area contributed by atoms with Crippen LogP contribution in [0, 0.1) is 0 Å². The van der Waals surface area contributed by atoms with Crippen LogP contribution in [-0.4, -0.2) is 175 Å². The van der Waals surface area contributed by atoms with Crippen LogP contribution >= 0.6 is 0 Å². The number of hydrogen-bond acceptors (Lipinski definition) is 18. The van der Waals surface area contributed by atoms with Gasteiger partial charge < -0.3 is 87.1 Å². The molecular formula is C97H110N2O16. The molecular weight excluding hydrogens is 1450 g/mol. The van der Waals surface area contributed by atoms with Crippen LogP contribution in [0.2, 0.25) is 0 Å². The summed E-state index contributed by atoms with van der Waals surface area (Å²) in [6.45, 7) is 23.4. The first kappa shape index (κ1) is 81.4. The summed E-state index contributed by atoms with van der Waals surface area (Å²) in [7, 11) is 0. The van der Waals surface area contributed by atoms with Crippen LogP contribution in [-0.2, 0) is 47.0 Å². The molecule has 8 atom stereocenters. The number of rotatable bonds is 44. The van der Waals surface area contributed by atoms with E-state index in [0.29, 0.717) is 55.8 Å². The molecule has 4 N–H and O–H groups in total. The molecule has 18 nitrogen and oxygen atoms in total. The first-order chi connectivity index (χ1) is 55.5. The average Bonchev–Trinajstić information content (AvgIpc) is 1.73. The van der Waals surface area contributed by atoms with Gasteiger partial charge in [-0.05, 0) is 183 Å². The first-order valence-electron chi connectivity index (χ1n) is 40.2. The Morgan fingerprint density at radius 3 is 0.591 bits per heavy atom. The maximum atomic E-state index is 11.8. The number of aliphatic hydroxyl groups excluding tert-OH is 4. The van der Waals surface area contributed by atoms with E-state index in [0.717, 1.165) is 116 Å². The van der Waals surface area contributed by atoms with Crippen LogP contribution in [0.5, 0.6) is 46.0 Å². The van der Waals surface area contributed by atoms with E-state index >= 15 is 0 Å². The molecule has 604 valence electrons. The monoisotopic (exact) mass is 1560 g/mol. The lowest BCUT2D eigenvalue weighted by Crippen LogP contribution is -2.41. The Kier molecular flexibility index (Phi) is 26.1. The number of benzene rings is 10. The van der Waals surface area contributed by atoms with Gasteiger partial charge >= 0.3 is 0 Å². The van der Waals surface area contributed by atoms with Gasteiger partial charge in [-0.15, -0.1) is 0 Å². The van der Waals surface area contributed by atoms with Crippen molar-refractivity contribution in [2.75, 3.05) is 115 Å². The van der Waals surface area contributed by atoms with E-state index < -0.39 is 24.4 Å². The highest BCUT2D eigenvalue weighted by Crippen LogP contribution is 2.39. The van der Waals surface area contributed by atoms with Crippen molar-refractivity contribution < 1.29 is 77.3 Å². The van der Waals surface area contributed by atoms with Gasteiger partial charge in [-0.25, -0.2) is 0 Å². The number of epoxide rings is 4. The third-order valence-electron chi connectivity index (χ3n) is 22.5. The van der Waals surface area contributed by atoms with Crippen molar-refractivity contribution in [3.05, 3.63) is 298 Å². The molecule has 4 fully saturated rings. The van der Waals surface area contributed by atoms with Gasteiger partial charge in [-0.3, -0.25) is 0 Å². The van der Waals surface area contributed by atoms with Crippen LogP contribution in [0.15, 0.2) is 243 Å². The summed E-state index contributed by atoms with van der Waals surface area (Å²) in [6.07, 6.45) is -2.40. The summed E-state index contributed by atoms with van der Waals surface area (Å²) < 4.78 is 69.9. The fourth-order valence-corrected chi connectivity index (χ4v) is 14.3. The van der Waals surface area contributed by atoms with Crippen LogP contribution in [0.3, 0.4) is 0 Å². The molecule has 115 heavy (non-hydrogen) atoms. The normalized spacial score (nSPS) is 17.4. The number of aliphatic hydroxyl groups is 4. The zero-order chi connectivity index (χ0) is 80.1. The summed E-state index contributed by atoms with van der Waals surface area (Å²) in [4.78, 5) is 3.95. The minimum Gasteiger partial charge on any atom is -0.491 e. The highest BCUT2D eigenvalue weighted by molar-refractivity contribution is 5.53. The summed E-state index contributed by atoms with van der Waals surface area (Å²) in [6, 6.07) is 81.2. The van der Waals surface area contributed by atoms with Crippen molar-refractivity contribution in [3.63, 3.8) is 0 Å². The zero-order valence-electron chi connectivity index (χ0n) is 67.3. The quantitative estimate of drug-likeness (QED) is 0.0262. The Hall–Kier alpha value is -10.1. The van der Waals surface area contributed by atoms with E-state index in [1.54, 1.807) is 0 Å². The minimum absolute atomic E-state index is 0.0125. The Morgan fingerprint density at radius 2 is 0.426 bits per heavy atom. The minimum atomic E-state index is -0.937. The highest BCUT2D eigenvalue weighted by Gasteiger charge is 2.32. The summed E-state index contributed by atoms with van der Waals surface area (Å²) >= 11 is 0. The number of hydrogen-bond donors (Lipinski definition) is 4. The van der Waals surface area contributed by atoms with E-state index in [2.05, 4.69) is 177 Å². The molecule has 0 saturated carbocycles. The van der Waals surface area contributed by atoms with Gasteiger partial charge in [0.15, 0.2) is 0 Å². The second-order valence-electron chi connectivity index (χ2n) is 32.9. The van der Waals surface area contributed by atoms with E-state index in [4.69, 9.17) is 56.8 Å². The zero-order valence-corrected chi connectivity index (χ0v) is 67.3. The lowest BCUT2D eigenvalue weighted by molar-refractivity contribution is 0.0952. The highest BCUT2D eigenvalue weighted by atomic mass is 16.6. The molecule has 10 aromatic carbocycles. The summed E-state index contributed by atoms with van der Waals surface area (Å²) in [5, 5.41) is 47.2. The smallest absolute Gasteiger partial charge is 0.119 e. The molecule has 18 heteroatoms. The van der Waals surface area contributed by atoms with Crippen LogP contribution < -0.4 is 47.7 Å². The van der Waals surface area contributed by atoms with Gasteiger partial charge in [0.2, 0.25) is 0 Å². The van der Waals surface area contributed by atoms with Crippen molar-refractivity contribution in [1.82, 2.24) is 0 Å².